The standard InChI is InChI=1S/C11H14N6O2S/c1-6(2)8-4-7(3)12-10(13-8)20-11-14-15-16-17(11)5-9(18)19/h4,6H,5H2,1-3H3,(H,18,19). The maximum absolute atomic E-state index is 10.7. The van der Waals surface area contributed by atoms with Crippen molar-refractivity contribution in [3.63, 3.8) is 0 Å². The first-order valence-electron chi connectivity index (χ1n) is 5.97. The molecule has 0 unspecified atom stereocenters. The van der Waals surface area contributed by atoms with Crippen LogP contribution in [-0.4, -0.2) is 41.3 Å². The summed E-state index contributed by atoms with van der Waals surface area (Å²) in [4.78, 5) is 19.4. The van der Waals surface area contributed by atoms with Crippen molar-refractivity contribution in [1.29, 1.82) is 0 Å². The van der Waals surface area contributed by atoms with Gasteiger partial charge in [-0.05, 0) is 41.1 Å². The molecule has 0 atom stereocenters. The fourth-order valence-corrected chi connectivity index (χ4v) is 2.27. The summed E-state index contributed by atoms with van der Waals surface area (Å²) in [6, 6.07) is 1.93. The Hall–Kier alpha value is -2.03. The molecule has 0 fully saturated rings. The van der Waals surface area contributed by atoms with Crippen LogP contribution in [0, 0.1) is 6.92 Å². The summed E-state index contributed by atoms with van der Waals surface area (Å²) in [6.07, 6.45) is 0. The number of hydrogen-bond acceptors (Lipinski definition) is 7. The second kappa shape index (κ2) is 5.95. The molecule has 2 rings (SSSR count). The van der Waals surface area contributed by atoms with Gasteiger partial charge in [0.2, 0.25) is 5.16 Å². The van der Waals surface area contributed by atoms with Gasteiger partial charge >= 0.3 is 5.97 Å². The second-order valence-corrected chi connectivity index (χ2v) is 5.42. The second-order valence-electron chi connectivity index (χ2n) is 4.49. The van der Waals surface area contributed by atoms with Crippen LogP contribution in [0.3, 0.4) is 0 Å². The number of nitrogens with zero attached hydrogens (tertiary/aromatic N) is 6. The van der Waals surface area contributed by atoms with Gasteiger partial charge in [-0.25, -0.2) is 14.6 Å². The van der Waals surface area contributed by atoms with E-state index >= 15 is 0 Å². The molecule has 0 aliphatic carbocycles. The Balaban J connectivity index is 2.26. The lowest BCUT2D eigenvalue weighted by Gasteiger charge is -2.07. The third kappa shape index (κ3) is 3.50. The van der Waals surface area contributed by atoms with Crippen molar-refractivity contribution < 1.29 is 9.90 Å². The van der Waals surface area contributed by atoms with Crippen molar-refractivity contribution in [2.45, 2.75) is 43.5 Å². The minimum absolute atomic E-state index is 0.283. The van der Waals surface area contributed by atoms with Crippen molar-refractivity contribution in [3.05, 3.63) is 17.5 Å². The minimum Gasteiger partial charge on any atom is -0.480 e. The number of carbonyl (C=O) groups is 1. The Morgan fingerprint density at radius 2 is 2.20 bits per heavy atom. The highest BCUT2D eigenvalue weighted by Crippen LogP contribution is 2.24. The van der Waals surface area contributed by atoms with Crippen LogP contribution >= 0.6 is 11.8 Å². The Kier molecular flexibility index (Phi) is 4.28. The summed E-state index contributed by atoms with van der Waals surface area (Å²) >= 11 is 1.15. The Morgan fingerprint density at radius 1 is 1.45 bits per heavy atom. The summed E-state index contributed by atoms with van der Waals surface area (Å²) < 4.78 is 1.20. The first kappa shape index (κ1) is 14.4. The van der Waals surface area contributed by atoms with Crippen molar-refractivity contribution >= 4 is 17.7 Å². The number of tetrazole rings is 1. The number of carboxylic acid groups (broad SMARTS) is 1. The monoisotopic (exact) mass is 294 g/mol. The molecule has 2 heterocycles. The molecule has 9 heteroatoms. The summed E-state index contributed by atoms with van der Waals surface area (Å²) in [5, 5.41) is 20.5. The van der Waals surface area contributed by atoms with E-state index in [0.717, 1.165) is 23.1 Å². The zero-order chi connectivity index (χ0) is 14.7. The smallest absolute Gasteiger partial charge is 0.325 e. The van der Waals surface area contributed by atoms with Crippen molar-refractivity contribution in [2.24, 2.45) is 0 Å². The lowest BCUT2D eigenvalue weighted by molar-refractivity contribution is -0.138. The number of rotatable bonds is 5. The predicted octanol–water partition coefficient (Wildman–Crippen LogP) is 1.13. The van der Waals surface area contributed by atoms with Crippen LogP contribution in [0.15, 0.2) is 16.4 Å². The zero-order valence-electron chi connectivity index (χ0n) is 11.3. The minimum atomic E-state index is -1.01. The number of aromatic nitrogens is 6. The maximum Gasteiger partial charge on any atom is 0.325 e. The van der Waals surface area contributed by atoms with E-state index in [1.165, 1.54) is 4.68 Å². The molecule has 20 heavy (non-hydrogen) atoms. The first-order chi connectivity index (χ1) is 9.45. The van der Waals surface area contributed by atoms with Gasteiger partial charge in [0.05, 0.1) is 0 Å². The normalized spacial score (nSPS) is 11.0. The van der Waals surface area contributed by atoms with Crippen LogP contribution in [0.1, 0.15) is 31.2 Å². The molecule has 0 saturated carbocycles. The largest absolute Gasteiger partial charge is 0.480 e. The molecular formula is C11H14N6O2S. The maximum atomic E-state index is 10.7. The van der Waals surface area contributed by atoms with Gasteiger partial charge in [-0.2, -0.15) is 0 Å². The lowest BCUT2D eigenvalue weighted by atomic mass is 10.1. The van der Waals surface area contributed by atoms with Crippen molar-refractivity contribution in [2.75, 3.05) is 0 Å². The van der Waals surface area contributed by atoms with Gasteiger partial charge in [-0.15, -0.1) is 5.10 Å². The summed E-state index contributed by atoms with van der Waals surface area (Å²) in [6.45, 7) is 5.69. The fraction of sp³-hybridized carbons (Fsp3) is 0.455. The average Bonchev–Trinajstić information content (AvgIpc) is 2.75. The summed E-state index contributed by atoms with van der Waals surface area (Å²) in [7, 11) is 0. The van der Waals surface area contributed by atoms with Gasteiger partial charge in [0, 0.05) is 11.4 Å². The number of aryl methyl sites for hydroxylation is 1. The fourth-order valence-electron chi connectivity index (χ4n) is 1.48. The Labute approximate surface area is 119 Å². The molecule has 0 bridgehead atoms. The van der Waals surface area contributed by atoms with E-state index in [1.807, 2.05) is 26.8 Å². The molecule has 8 nitrogen and oxygen atoms in total. The van der Waals surface area contributed by atoms with E-state index in [1.54, 1.807) is 0 Å². The SMILES string of the molecule is Cc1cc(C(C)C)nc(Sc2nnnn2CC(=O)O)n1. The Morgan fingerprint density at radius 3 is 2.85 bits per heavy atom. The van der Waals surface area contributed by atoms with Gasteiger partial charge in [0.1, 0.15) is 6.54 Å². The highest BCUT2D eigenvalue weighted by molar-refractivity contribution is 7.99. The van der Waals surface area contributed by atoms with Gasteiger partial charge in [-0.1, -0.05) is 13.8 Å². The molecule has 106 valence electrons. The van der Waals surface area contributed by atoms with Gasteiger partial charge in [-0.3, -0.25) is 4.79 Å². The highest BCUT2D eigenvalue weighted by Gasteiger charge is 2.14. The molecule has 0 spiro atoms. The van der Waals surface area contributed by atoms with E-state index in [0.29, 0.717) is 10.3 Å². The summed E-state index contributed by atoms with van der Waals surface area (Å²) in [5.41, 5.74) is 1.78. The molecule has 0 amide bonds. The van der Waals surface area contributed by atoms with E-state index in [2.05, 4.69) is 25.5 Å². The van der Waals surface area contributed by atoms with E-state index in [9.17, 15) is 4.79 Å². The van der Waals surface area contributed by atoms with Crippen LogP contribution in [-0.2, 0) is 11.3 Å². The Bertz CT molecular complexity index is 627. The molecule has 0 saturated heterocycles. The highest BCUT2D eigenvalue weighted by atomic mass is 32.2. The zero-order valence-corrected chi connectivity index (χ0v) is 12.1. The van der Waals surface area contributed by atoms with E-state index in [-0.39, 0.29) is 12.5 Å². The van der Waals surface area contributed by atoms with Gasteiger partial charge in [0.15, 0.2) is 5.16 Å². The van der Waals surface area contributed by atoms with E-state index in [4.69, 9.17) is 5.11 Å². The van der Waals surface area contributed by atoms with Crippen molar-refractivity contribution in [3.8, 4) is 0 Å². The lowest BCUT2D eigenvalue weighted by Crippen LogP contribution is -2.11. The molecule has 2 aromatic heterocycles. The van der Waals surface area contributed by atoms with Crippen LogP contribution in [0.2, 0.25) is 0 Å². The molecule has 0 radical (unpaired) electrons. The number of aliphatic carboxylic acids is 1. The molecule has 2 aromatic rings. The van der Waals surface area contributed by atoms with Gasteiger partial charge in [0.25, 0.3) is 0 Å². The van der Waals surface area contributed by atoms with E-state index < -0.39 is 5.97 Å². The van der Waals surface area contributed by atoms with Crippen LogP contribution in [0.5, 0.6) is 0 Å². The molecular weight excluding hydrogens is 280 g/mol. The number of carboxylic acids is 1. The topological polar surface area (TPSA) is 107 Å². The predicted molar refractivity (Wildman–Crippen MR) is 70.4 cm³/mol. The molecule has 0 aliphatic heterocycles. The molecule has 1 N–H and O–H groups in total. The third-order valence-electron chi connectivity index (χ3n) is 2.41. The molecule has 0 aromatic carbocycles. The van der Waals surface area contributed by atoms with Crippen LogP contribution in [0.4, 0.5) is 0 Å². The quantitative estimate of drug-likeness (QED) is 0.818. The first-order valence-corrected chi connectivity index (χ1v) is 6.78. The number of hydrogen-bond donors (Lipinski definition) is 1. The van der Waals surface area contributed by atoms with Crippen LogP contribution in [0.25, 0.3) is 0 Å². The van der Waals surface area contributed by atoms with Crippen LogP contribution < -0.4 is 0 Å². The van der Waals surface area contributed by atoms with Gasteiger partial charge < -0.3 is 5.11 Å². The third-order valence-corrected chi connectivity index (χ3v) is 3.25. The summed E-state index contributed by atoms with van der Waals surface area (Å²) in [5.74, 6) is -0.724. The van der Waals surface area contributed by atoms with Crippen molar-refractivity contribution in [1.82, 2.24) is 30.2 Å². The molecule has 0 aliphatic rings. The average molecular weight is 294 g/mol.